The maximum atomic E-state index is 10.5. The summed E-state index contributed by atoms with van der Waals surface area (Å²) in [5.74, 6) is -0.156. The largest absolute Gasteiger partial charge is 0.505 e. The number of rotatable bonds is 2. The molecule has 0 aliphatic rings. The van der Waals surface area contributed by atoms with Crippen LogP contribution < -0.4 is 0 Å². The van der Waals surface area contributed by atoms with Gasteiger partial charge in [-0.05, 0) is 6.92 Å². The van der Waals surface area contributed by atoms with Crippen LogP contribution in [-0.2, 0) is 6.61 Å². The number of hydrogen-bond acceptors (Lipinski definition) is 4. The Morgan fingerprint density at radius 2 is 2.07 bits per heavy atom. The fourth-order valence-electron chi connectivity index (χ4n) is 0.910. The molecule has 80 valence electrons. The molecular weight excluding hydrogens is 229 g/mol. The van der Waals surface area contributed by atoms with Crippen LogP contribution in [-0.4, -0.2) is 21.5 Å². The lowest BCUT2D eigenvalue weighted by molar-refractivity contribution is 0.111. The van der Waals surface area contributed by atoms with Crippen molar-refractivity contribution in [3.8, 4) is 5.75 Å². The van der Waals surface area contributed by atoms with Gasteiger partial charge in [-0.1, -0.05) is 0 Å². The first kappa shape index (κ1) is 15.6. The zero-order chi connectivity index (χ0) is 9.14. The maximum Gasteiger partial charge on any atom is 0.154 e. The smallest absolute Gasteiger partial charge is 0.154 e. The van der Waals surface area contributed by atoms with E-state index in [0.717, 1.165) is 0 Å². The fourth-order valence-corrected chi connectivity index (χ4v) is 0.910. The lowest BCUT2D eigenvalue weighted by Crippen LogP contribution is -1.96. The van der Waals surface area contributed by atoms with Gasteiger partial charge >= 0.3 is 0 Å². The number of aldehydes is 1. The van der Waals surface area contributed by atoms with Gasteiger partial charge in [0.2, 0.25) is 0 Å². The summed E-state index contributed by atoms with van der Waals surface area (Å²) in [5, 5.41) is 18.1. The molecule has 0 saturated heterocycles. The zero-order valence-electron chi connectivity index (χ0n) is 7.43. The van der Waals surface area contributed by atoms with Gasteiger partial charge in [-0.2, -0.15) is 0 Å². The molecular formula is C8H11Cl2NO3. The summed E-state index contributed by atoms with van der Waals surface area (Å²) in [6.07, 6.45) is 1.88. The lowest BCUT2D eigenvalue weighted by atomic mass is 10.1. The van der Waals surface area contributed by atoms with Crippen LogP contribution in [0.15, 0.2) is 6.20 Å². The summed E-state index contributed by atoms with van der Waals surface area (Å²) in [7, 11) is 0. The highest BCUT2D eigenvalue weighted by Gasteiger charge is 2.09. The maximum absolute atomic E-state index is 10.5. The van der Waals surface area contributed by atoms with Crippen LogP contribution in [0.25, 0.3) is 0 Å². The summed E-state index contributed by atoms with van der Waals surface area (Å²) in [4.78, 5) is 14.2. The average Bonchev–Trinajstić information content (AvgIpc) is 2.09. The predicted molar refractivity (Wildman–Crippen MR) is 56.4 cm³/mol. The van der Waals surface area contributed by atoms with Crippen molar-refractivity contribution in [3.05, 3.63) is 23.0 Å². The Bertz CT molecular complexity index is 318. The summed E-state index contributed by atoms with van der Waals surface area (Å²) in [5.41, 5.74) is 0.840. The molecule has 0 aromatic carbocycles. The summed E-state index contributed by atoms with van der Waals surface area (Å²) in [6, 6.07) is 0. The van der Waals surface area contributed by atoms with E-state index in [-0.39, 0.29) is 42.7 Å². The average molecular weight is 240 g/mol. The zero-order valence-corrected chi connectivity index (χ0v) is 9.06. The summed E-state index contributed by atoms with van der Waals surface area (Å²) >= 11 is 0. The van der Waals surface area contributed by atoms with E-state index in [0.29, 0.717) is 17.5 Å². The van der Waals surface area contributed by atoms with Crippen molar-refractivity contribution in [2.24, 2.45) is 0 Å². The number of aromatic nitrogens is 1. The first-order chi connectivity index (χ1) is 5.70. The van der Waals surface area contributed by atoms with Crippen LogP contribution in [0, 0.1) is 6.92 Å². The minimum absolute atomic E-state index is 0. The standard InChI is InChI=1S/C8H9NO3.2ClH/c1-5-8(12)7(4-11)6(3-10)2-9-5;;/h2,4,10,12H,3H2,1H3;2*1H. The third-order valence-corrected chi connectivity index (χ3v) is 1.65. The van der Waals surface area contributed by atoms with Crippen molar-refractivity contribution in [3.63, 3.8) is 0 Å². The van der Waals surface area contributed by atoms with Gasteiger partial charge in [0, 0.05) is 11.8 Å². The van der Waals surface area contributed by atoms with Gasteiger partial charge < -0.3 is 10.2 Å². The minimum atomic E-state index is -0.297. The second-order valence-electron chi connectivity index (χ2n) is 2.41. The van der Waals surface area contributed by atoms with Crippen molar-refractivity contribution in [1.82, 2.24) is 4.98 Å². The molecule has 0 fully saturated rings. The van der Waals surface area contributed by atoms with Crippen molar-refractivity contribution < 1.29 is 15.0 Å². The molecule has 6 heteroatoms. The molecule has 2 N–H and O–H groups in total. The molecule has 0 spiro atoms. The molecule has 0 amide bonds. The number of aryl methyl sites for hydroxylation is 1. The van der Waals surface area contributed by atoms with Crippen LogP contribution in [0.3, 0.4) is 0 Å². The number of aliphatic hydroxyl groups excluding tert-OH is 1. The second-order valence-corrected chi connectivity index (χ2v) is 2.41. The topological polar surface area (TPSA) is 70.4 Å². The van der Waals surface area contributed by atoms with Crippen molar-refractivity contribution in [2.75, 3.05) is 0 Å². The van der Waals surface area contributed by atoms with Crippen molar-refractivity contribution >= 4 is 31.1 Å². The van der Waals surface area contributed by atoms with Gasteiger partial charge in [0.05, 0.1) is 17.9 Å². The Morgan fingerprint density at radius 1 is 1.50 bits per heavy atom. The Balaban J connectivity index is 0. The number of carbonyl (C=O) groups excluding carboxylic acids is 1. The SMILES string of the molecule is Cc1ncc(CO)c(C=O)c1O.Cl.Cl. The number of pyridine rings is 1. The Kier molecular flexibility index (Phi) is 7.35. The van der Waals surface area contributed by atoms with E-state index in [1.807, 2.05) is 0 Å². The van der Waals surface area contributed by atoms with Crippen LogP contribution in [0.2, 0.25) is 0 Å². The van der Waals surface area contributed by atoms with Gasteiger partial charge in [0.1, 0.15) is 5.75 Å². The molecule has 0 atom stereocenters. The van der Waals surface area contributed by atoms with E-state index in [4.69, 9.17) is 5.11 Å². The van der Waals surface area contributed by atoms with E-state index >= 15 is 0 Å². The highest BCUT2D eigenvalue weighted by Crippen LogP contribution is 2.21. The molecule has 0 saturated carbocycles. The Hall–Kier alpha value is -0.840. The summed E-state index contributed by atoms with van der Waals surface area (Å²) in [6.45, 7) is 1.29. The molecule has 1 heterocycles. The third-order valence-electron chi connectivity index (χ3n) is 1.65. The van der Waals surface area contributed by atoms with E-state index in [1.165, 1.54) is 6.20 Å². The highest BCUT2D eigenvalue weighted by atomic mass is 35.5. The Labute approximate surface area is 93.8 Å². The molecule has 1 aromatic rings. The molecule has 1 rings (SSSR count). The van der Waals surface area contributed by atoms with Crippen molar-refractivity contribution in [1.29, 1.82) is 0 Å². The van der Waals surface area contributed by atoms with E-state index in [1.54, 1.807) is 6.92 Å². The molecule has 0 aliphatic heterocycles. The van der Waals surface area contributed by atoms with E-state index in [9.17, 15) is 9.90 Å². The first-order valence-electron chi connectivity index (χ1n) is 3.44. The normalized spacial score (nSPS) is 8.43. The molecule has 0 radical (unpaired) electrons. The molecule has 4 nitrogen and oxygen atoms in total. The van der Waals surface area contributed by atoms with Crippen molar-refractivity contribution in [2.45, 2.75) is 13.5 Å². The summed E-state index contributed by atoms with van der Waals surface area (Å²) < 4.78 is 0. The van der Waals surface area contributed by atoms with Gasteiger partial charge in [-0.3, -0.25) is 9.78 Å². The van der Waals surface area contributed by atoms with Gasteiger partial charge in [-0.25, -0.2) is 0 Å². The second kappa shape index (κ2) is 6.59. The Morgan fingerprint density at radius 3 is 2.50 bits per heavy atom. The quantitative estimate of drug-likeness (QED) is 0.763. The predicted octanol–water partition coefficient (Wildman–Crippen LogP) is 1.24. The highest BCUT2D eigenvalue weighted by molar-refractivity contribution is 5.85. The lowest BCUT2D eigenvalue weighted by Gasteiger charge is -2.04. The van der Waals surface area contributed by atoms with Gasteiger partial charge in [0.15, 0.2) is 6.29 Å². The minimum Gasteiger partial charge on any atom is -0.505 e. The molecule has 14 heavy (non-hydrogen) atoms. The molecule has 0 unspecified atom stereocenters. The van der Waals surface area contributed by atoms with E-state index in [2.05, 4.69) is 4.98 Å². The third kappa shape index (κ3) is 2.83. The number of hydrogen-bond donors (Lipinski definition) is 2. The first-order valence-corrected chi connectivity index (χ1v) is 3.44. The molecule has 1 aromatic heterocycles. The van der Waals surface area contributed by atoms with Crippen LogP contribution in [0.1, 0.15) is 21.6 Å². The van der Waals surface area contributed by atoms with Crippen LogP contribution in [0.5, 0.6) is 5.75 Å². The fraction of sp³-hybridized carbons (Fsp3) is 0.250. The monoisotopic (exact) mass is 239 g/mol. The number of nitrogens with zero attached hydrogens (tertiary/aromatic N) is 1. The number of carbonyl (C=O) groups is 1. The number of halogens is 2. The van der Waals surface area contributed by atoms with Crippen LogP contribution >= 0.6 is 24.8 Å². The molecule has 0 bridgehead atoms. The number of aromatic hydroxyl groups is 1. The van der Waals surface area contributed by atoms with Crippen LogP contribution in [0.4, 0.5) is 0 Å². The van der Waals surface area contributed by atoms with Gasteiger partial charge in [0.25, 0.3) is 0 Å². The van der Waals surface area contributed by atoms with Gasteiger partial charge in [-0.15, -0.1) is 24.8 Å². The van der Waals surface area contributed by atoms with E-state index < -0.39 is 0 Å². The number of aliphatic hydroxyl groups is 1. The molecule has 0 aliphatic carbocycles.